The summed E-state index contributed by atoms with van der Waals surface area (Å²) in [6.07, 6.45) is 4.73. The Morgan fingerprint density at radius 1 is 1.32 bits per heavy atom. The number of likely N-dealkylation sites (tertiary alicyclic amines) is 1. The van der Waals surface area contributed by atoms with Gasteiger partial charge in [-0.2, -0.15) is 0 Å². The van der Waals surface area contributed by atoms with Crippen LogP contribution in [-0.2, 0) is 9.53 Å². The summed E-state index contributed by atoms with van der Waals surface area (Å²) in [4.78, 5) is 17.7. The monoisotopic (exact) mass is 383 g/mol. The van der Waals surface area contributed by atoms with Gasteiger partial charge in [0.05, 0.1) is 6.10 Å². The van der Waals surface area contributed by atoms with Gasteiger partial charge in [-0.15, -0.1) is 24.0 Å². The molecular formula is C13H26IN3O2. The van der Waals surface area contributed by atoms with Crippen LogP contribution in [0.15, 0.2) is 4.99 Å². The van der Waals surface area contributed by atoms with Gasteiger partial charge in [0.1, 0.15) is 0 Å². The molecule has 0 aliphatic carbocycles. The zero-order valence-corrected chi connectivity index (χ0v) is 14.3. The molecule has 0 spiro atoms. The van der Waals surface area contributed by atoms with E-state index in [4.69, 9.17) is 10.5 Å². The largest absolute Gasteiger partial charge is 0.463 e. The minimum Gasteiger partial charge on any atom is -0.463 e. The van der Waals surface area contributed by atoms with E-state index in [0.717, 1.165) is 13.1 Å². The zero-order valence-electron chi connectivity index (χ0n) is 11.9. The number of carbonyl (C=O) groups excluding carboxylic acids is 1. The van der Waals surface area contributed by atoms with Crippen LogP contribution in [0.5, 0.6) is 0 Å². The quantitative estimate of drug-likeness (QED) is 0.260. The lowest BCUT2D eigenvalue weighted by Crippen LogP contribution is -2.40. The molecule has 112 valence electrons. The number of aliphatic imine (C=N–C) groups is 1. The second kappa shape index (κ2) is 10.3. The summed E-state index contributed by atoms with van der Waals surface area (Å²) in [6.45, 7) is 6.31. The molecule has 0 aromatic heterocycles. The van der Waals surface area contributed by atoms with Gasteiger partial charge in [0, 0.05) is 26.1 Å². The SMILES string of the molecule is CC(C)OC(=O)CCCN=C(N)N1CCCCC1.I. The van der Waals surface area contributed by atoms with Crippen LogP contribution < -0.4 is 5.73 Å². The molecule has 19 heavy (non-hydrogen) atoms. The van der Waals surface area contributed by atoms with Crippen LogP contribution in [0.3, 0.4) is 0 Å². The van der Waals surface area contributed by atoms with Crippen LogP contribution in [0.1, 0.15) is 46.0 Å². The Morgan fingerprint density at radius 2 is 1.95 bits per heavy atom. The molecule has 0 atom stereocenters. The van der Waals surface area contributed by atoms with Crippen molar-refractivity contribution in [3.63, 3.8) is 0 Å². The number of halogens is 1. The third-order valence-corrected chi connectivity index (χ3v) is 2.86. The van der Waals surface area contributed by atoms with Crippen LogP contribution in [0.4, 0.5) is 0 Å². The van der Waals surface area contributed by atoms with Crippen molar-refractivity contribution in [2.75, 3.05) is 19.6 Å². The van der Waals surface area contributed by atoms with Gasteiger partial charge in [-0.05, 0) is 39.5 Å². The molecule has 1 heterocycles. The van der Waals surface area contributed by atoms with Gasteiger partial charge in [-0.25, -0.2) is 0 Å². The number of ether oxygens (including phenoxy) is 1. The van der Waals surface area contributed by atoms with E-state index in [-0.39, 0.29) is 36.0 Å². The van der Waals surface area contributed by atoms with Crippen molar-refractivity contribution in [2.45, 2.75) is 52.1 Å². The number of hydrogen-bond acceptors (Lipinski definition) is 3. The third-order valence-electron chi connectivity index (χ3n) is 2.86. The van der Waals surface area contributed by atoms with Crippen molar-refractivity contribution in [3.05, 3.63) is 0 Å². The summed E-state index contributed by atoms with van der Waals surface area (Å²) >= 11 is 0. The Hall–Kier alpha value is -0.530. The predicted molar refractivity (Wildman–Crippen MR) is 87.8 cm³/mol. The highest BCUT2D eigenvalue weighted by Gasteiger charge is 2.11. The Kier molecular flexibility index (Phi) is 9.99. The van der Waals surface area contributed by atoms with E-state index in [1.54, 1.807) is 0 Å². The second-order valence-corrected chi connectivity index (χ2v) is 4.93. The lowest BCUT2D eigenvalue weighted by Gasteiger charge is -2.27. The molecule has 0 radical (unpaired) electrons. The van der Waals surface area contributed by atoms with Crippen molar-refractivity contribution in [2.24, 2.45) is 10.7 Å². The first kappa shape index (κ1) is 18.5. The molecule has 1 fully saturated rings. The Morgan fingerprint density at radius 3 is 2.53 bits per heavy atom. The normalized spacial score (nSPS) is 16.2. The van der Waals surface area contributed by atoms with Gasteiger partial charge in [0.15, 0.2) is 5.96 Å². The van der Waals surface area contributed by atoms with Gasteiger partial charge in [0.2, 0.25) is 0 Å². The van der Waals surface area contributed by atoms with E-state index in [1.165, 1.54) is 19.3 Å². The van der Waals surface area contributed by atoms with Crippen LogP contribution in [0.25, 0.3) is 0 Å². The molecule has 0 amide bonds. The van der Waals surface area contributed by atoms with E-state index < -0.39 is 0 Å². The van der Waals surface area contributed by atoms with Crippen LogP contribution in [0, 0.1) is 0 Å². The smallest absolute Gasteiger partial charge is 0.306 e. The summed E-state index contributed by atoms with van der Waals surface area (Å²) in [7, 11) is 0. The van der Waals surface area contributed by atoms with Crippen LogP contribution >= 0.6 is 24.0 Å². The predicted octanol–water partition coefficient (Wildman–Crippen LogP) is 2.14. The Labute approximate surface area is 133 Å². The lowest BCUT2D eigenvalue weighted by molar-refractivity contribution is -0.147. The highest BCUT2D eigenvalue weighted by atomic mass is 127. The molecule has 1 aliphatic heterocycles. The highest BCUT2D eigenvalue weighted by Crippen LogP contribution is 2.08. The summed E-state index contributed by atoms with van der Waals surface area (Å²) < 4.78 is 5.04. The first-order valence-corrected chi connectivity index (χ1v) is 6.84. The Bertz CT molecular complexity index is 290. The number of guanidine groups is 1. The first-order valence-electron chi connectivity index (χ1n) is 6.84. The summed E-state index contributed by atoms with van der Waals surface area (Å²) in [6, 6.07) is 0. The molecular weight excluding hydrogens is 357 g/mol. The number of piperidine rings is 1. The minimum atomic E-state index is -0.156. The van der Waals surface area contributed by atoms with Gasteiger partial charge >= 0.3 is 5.97 Å². The van der Waals surface area contributed by atoms with Crippen molar-refractivity contribution in [3.8, 4) is 0 Å². The van der Waals surface area contributed by atoms with Crippen LogP contribution in [0.2, 0.25) is 0 Å². The van der Waals surface area contributed by atoms with Gasteiger partial charge in [0.25, 0.3) is 0 Å². The van der Waals surface area contributed by atoms with Crippen molar-refractivity contribution >= 4 is 35.9 Å². The third kappa shape index (κ3) is 8.28. The fourth-order valence-corrected chi connectivity index (χ4v) is 1.96. The molecule has 1 rings (SSSR count). The maximum absolute atomic E-state index is 11.3. The molecule has 1 saturated heterocycles. The van der Waals surface area contributed by atoms with Crippen molar-refractivity contribution in [1.82, 2.24) is 4.90 Å². The van der Waals surface area contributed by atoms with Gasteiger partial charge in [-0.1, -0.05) is 0 Å². The van der Waals surface area contributed by atoms with E-state index in [9.17, 15) is 4.79 Å². The molecule has 0 unspecified atom stereocenters. The molecule has 0 bridgehead atoms. The fourth-order valence-electron chi connectivity index (χ4n) is 1.96. The maximum atomic E-state index is 11.3. The number of hydrogen-bond donors (Lipinski definition) is 1. The molecule has 5 nitrogen and oxygen atoms in total. The molecule has 0 aromatic rings. The van der Waals surface area contributed by atoms with Crippen molar-refractivity contribution < 1.29 is 9.53 Å². The molecule has 1 aliphatic rings. The number of esters is 1. The maximum Gasteiger partial charge on any atom is 0.306 e. The summed E-state index contributed by atoms with van der Waals surface area (Å²) in [5.41, 5.74) is 5.91. The molecule has 0 saturated carbocycles. The van der Waals surface area contributed by atoms with Gasteiger partial charge in [-0.3, -0.25) is 9.79 Å². The standard InChI is InChI=1S/C13H25N3O2.HI/c1-11(2)18-12(17)7-6-8-15-13(14)16-9-4-3-5-10-16;/h11H,3-10H2,1-2H3,(H2,14,15);1H. The fraction of sp³-hybridized carbons (Fsp3) is 0.846. The minimum absolute atomic E-state index is 0. The Balaban J connectivity index is 0.00000324. The number of rotatable bonds is 5. The summed E-state index contributed by atoms with van der Waals surface area (Å²) in [5.74, 6) is 0.462. The molecule has 0 aromatic carbocycles. The molecule has 6 heteroatoms. The summed E-state index contributed by atoms with van der Waals surface area (Å²) in [5, 5.41) is 0. The average Bonchev–Trinajstić information content (AvgIpc) is 2.34. The second-order valence-electron chi connectivity index (χ2n) is 4.93. The van der Waals surface area contributed by atoms with Crippen molar-refractivity contribution in [1.29, 1.82) is 0 Å². The number of nitrogens with two attached hydrogens (primary N) is 1. The molecule has 2 N–H and O–H groups in total. The van der Waals surface area contributed by atoms with Gasteiger partial charge < -0.3 is 15.4 Å². The van der Waals surface area contributed by atoms with E-state index >= 15 is 0 Å². The lowest BCUT2D eigenvalue weighted by atomic mass is 10.1. The number of carbonyl (C=O) groups is 1. The topological polar surface area (TPSA) is 67.9 Å². The first-order chi connectivity index (χ1) is 8.59. The van der Waals surface area contributed by atoms with E-state index in [0.29, 0.717) is 25.3 Å². The van der Waals surface area contributed by atoms with E-state index in [1.807, 2.05) is 13.8 Å². The van der Waals surface area contributed by atoms with Crippen LogP contribution in [-0.4, -0.2) is 42.6 Å². The zero-order chi connectivity index (χ0) is 13.4. The number of nitrogens with zero attached hydrogens (tertiary/aromatic N) is 2. The highest BCUT2D eigenvalue weighted by molar-refractivity contribution is 14.0. The van der Waals surface area contributed by atoms with E-state index in [2.05, 4.69) is 9.89 Å². The average molecular weight is 383 g/mol.